The van der Waals surface area contributed by atoms with E-state index < -0.39 is 0 Å². The van der Waals surface area contributed by atoms with Gasteiger partial charge in [0.15, 0.2) is 0 Å². The maximum atomic E-state index is 12.6. The molecule has 0 unspecified atom stereocenters. The van der Waals surface area contributed by atoms with Crippen LogP contribution in [0, 0.1) is 0 Å². The Morgan fingerprint density at radius 2 is 1.82 bits per heavy atom. The van der Waals surface area contributed by atoms with Gasteiger partial charge in [0.2, 0.25) is 5.91 Å². The molecule has 116 valence electrons. The van der Waals surface area contributed by atoms with E-state index in [0.717, 1.165) is 10.9 Å². The Kier molecular flexibility index (Phi) is 5.09. The van der Waals surface area contributed by atoms with Crippen molar-refractivity contribution in [2.75, 3.05) is 26.7 Å². The summed E-state index contributed by atoms with van der Waals surface area (Å²) < 4.78 is 0. The van der Waals surface area contributed by atoms with Gasteiger partial charge in [-0.3, -0.25) is 14.6 Å². The molecule has 0 aliphatic rings. The van der Waals surface area contributed by atoms with Gasteiger partial charge in [-0.1, -0.05) is 12.1 Å². The van der Waals surface area contributed by atoms with Crippen molar-refractivity contribution < 1.29 is 9.59 Å². The van der Waals surface area contributed by atoms with Gasteiger partial charge < -0.3 is 9.80 Å². The summed E-state index contributed by atoms with van der Waals surface area (Å²) in [6.45, 7) is 5.24. The van der Waals surface area contributed by atoms with E-state index in [0.29, 0.717) is 18.7 Å². The molecule has 0 atom stereocenters. The number of carbonyl (C=O) groups excluding carboxylic acids is 2. The minimum absolute atomic E-state index is 0.0424. The first kappa shape index (κ1) is 15.9. The maximum absolute atomic E-state index is 12.6. The number of likely N-dealkylation sites (N-methyl/N-ethyl adjacent to an activating group) is 2. The largest absolute Gasteiger partial charge is 0.342 e. The highest BCUT2D eigenvalue weighted by Gasteiger charge is 2.19. The molecule has 2 aromatic rings. The summed E-state index contributed by atoms with van der Waals surface area (Å²) in [7, 11) is 1.65. The van der Waals surface area contributed by atoms with E-state index in [-0.39, 0.29) is 18.4 Å². The third kappa shape index (κ3) is 3.24. The Morgan fingerprint density at radius 1 is 1.09 bits per heavy atom. The van der Waals surface area contributed by atoms with E-state index in [1.54, 1.807) is 30.3 Å². The van der Waals surface area contributed by atoms with Crippen LogP contribution in [0.4, 0.5) is 0 Å². The van der Waals surface area contributed by atoms with E-state index in [4.69, 9.17) is 0 Å². The van der Waals surface area contributed by atoms with E-state index in [1.807, 2.05) is 32.0 Å². The first-order valence-corrected chi connectivity index (χ1v) is 7.45. The average Bonchev–Trinajstić information content (AvgIpc) is 2.54. The van der Waals surface area contributed by atoms with Crippen LogP contribution in [0.2, 0.25) is 0 Å². The number of pyridine rings is 1. The molecule has 5 heteroatoms. The Labute approximate surface area is 130 Å². The zero-order valence-electron chi connectivity index (χ0n) is 13.2. The highest BCUT2D eigenvalue weighted by Crippen LogP contribution is 2.17. The Balaban J connectivity index is 2.21. The third-order valence-electron chi connectivity index (χ3n) is 3.71. The predicted molar refractivity (Wildman–Crippen MR) is 86.6 cm³/mol. The average molecular weight is 299 g/mol. The van der Waals surface area contributed by atoms with Crippen molar-refractivity contribution in [1.82, 2.24) is 14.8 Å². The molecular formula is C17H21N3O2. The fourth-order valence-corrected chi connectivity index (χ4v) is 2.45. The summed E-state index contributed by atoms with van der Waals surface area (Å²) in [4.78, 5) is 32.2. The molecule has 0 saturated carbocycles. The number of benzene rings is 1. The summed E-state index contributed by atoms with van der Waals surface area (Å²) in [5, 5.41) is 0.803. The summed E-state index contributed by atoms with van der Waals surface area (Å²) >= 11 is 0. The van der Waals surface area contributed by atoms with Gasteiger partial charge >= 0.3 is 0 Å². The molecule has 1 heterocycles. The lowest BCUT2D eigenvalue weighted by Crippen LogP contribution is -2.41. The molecule has 0 radical (unpaired) electrons. The summed E-state index contributed by atoms with van der Waals surface area (Å²) in [5.74, 6) is -0.210. The van der Waals surface area contributed by atoms with Crippen LogP contribution < -0.4 is 0 Å². The zero-order valence-corrected chi connectivity index (χ0v) is 13.2. The summed E-state index contributed by atoms with van der Waals surface area (Å²) in [6, 6.07) is 9.12. The third-order valence-corrected chi connectivity index (χ3v) is 3.71. The zero-order chi connectivity index (χ0) is 16.1. The minimum atomic E-state index is -0.167. The van der Waals surface area contributed by atoms with Crippen LogP contribution in [0.15, 0.2) is 36.5 Å². The van der Waals surface area contributed by atoms with Crippen LogP contribution in [0.3, 0.4) is 0 Å². The normalized spacial score (nSPS) is 10.5. The van der Waals surface area contributed by atoms with Gasteiger partial charge in [-0.15, -0.1) is 0 Å². The molecule has 0 saturated heterocycles. The molecule has 22 heavy (non-hydrogen) atoms. The highest BCUT2D eigenvalue weighted by molar-refractivity contribution is 6.06. The number of rotatable bonds is 5. The molecule has 1 aromatic carbocycles. The van der Waals surface area contributed by atoms with E-state index in [1.165, 1.54) is 4.90 Å². The molecule has 5 nitrogen and oxygen atoms in total. The first-order valence-electron chi connectivity index (χ1n) is 7.45. The SMILES string of the molecule is CCN(CC)C(=O)CN(C)C(=O)c1cccc2ncccc12. The lowest BCUT2D eigenvalue weighted by atomic mass is 10.1. The van der Waals surface area contributed by atoms with E-state index >= 15 is 0 Å². The van der Waals surface area contributed by atoms with Crippen LogP contribution in [-0.4, -0.2) is 53.3 Å². The van der Waals surface area contributed by atoms with Crippen LogP contribution in [0.1, 0.15) is 24.2 Å². The quantitative estimate of drug-likeness (QED) is 0.850. The van der Waals surface area contributed by atoms with Crippen molar-refractivity contribution in [2.45, 2.75) is 13.8 Å². The fraction of sp³-hybridized carbons (Fsp3) is 0.353. The summed E-state index contributed by atoms with van der Waals surface area (Å²) in [6.07, 6.45) is 1.70. The van der Waals surface area contributed by atoms with Crippen LogP contribution >= 0.6 is 0 Å². The number of amides is 2. The molecule has 2 rings (SSSR count). The number of carbonyl (C=O) groups is 2. The number of nitrogens with zero attached hydrogens (tertiary/aromatic N) is 3. The lowest BCUT2D eigenvalue weighted by molar-refractivity contribution is -0.131. The first-order chi connectivity index (χ1) is 10.6. The molecule has 0 bridgehead atoms. The van der Waals surface area contributed by atoms with Crippen molar-refractivity contribution in [3.05, 3.63) is 42.1 Å². The molecule has 0 fully saturated rings. The number of hydrogen-bond donors (Lipinski definition) is 0. The predicted octanol–water partition coefficient (Wildman–Crippen LogP) is 2.18. The molecule has 2 amide bonds. The minimum Gasteiger partial charge on any atom is -0.342 e. The van der Waals surface area contributed by atoms with Gasteiger partial charge in [0.1, 0.15) is 0 Å². The van der Waals surface area contributed by atoms with Crippen LogP contribution in [-0.2, 0) is 4.79 Å². The monoisotopic (exact) mass is 299 g/mol. The van der Waals surface area contributed by atoms with Crippen molar-refractivity contribution in [2.24, 2.45) is 0 Å². The molecule has 1 aromatic heterocycles. The van der Waals surface area contributed by atoms with Crippen LogP contribution in [0.5, 0.6) is 0 Å². The van der Waals surface area contributed by atoms with Gasteiger partial charge in [0, 0.05) is 37.3 Å². The molecule has 0 aliphatic carbocycles. The van der Waals surface area contributed by atoms with E-state index in [9.17, 15) is 9.59 Å². The summed E-state index contributed by atoms with van der Waals surface area (Å²) in [5.41, 5.74) is 1.34. The van der Waals surface area contributed by atoms with Crippen molar-refractivity contribution in [1.29, 1.82) is 0 Å². The highest BCUT2D eigenvalue weighted by atomic mass is 16.2. The lowest BCUT2D eigenvalue weighted by Gasteiger charge is -2.23. The molecule has 0 N–H and O–H groups in total. The van der Waals surface area contributed by atoms with Gasteiger partial charge in [-0.2, -0.15) is 0 Å². The number of fused-ring (bicyclic) bond motifs is 1. The molecule has 0 spiro atoms. The second kappa shape index (κ2) is 7.02. The number of hydrogen-bond acceptors (Lipinski definition) is 3. The number of aromatic nitrogens is 1. The second-order valence-electron chi connectivity index (χ2n) is 5.10. The maximum Gasteiger partial charge on any atom is 0.254 e. The Morgan fingerprint density at radius 3 is 2.50 bits per heavy atom. The van der Waals surface area contributed by atoms with Gasteiger partial charge in [0.25, 0.3) is 5.91 Å². The van der Waals surface area contributed by atoms with Crippen molar-refractivity contribution >= 4 is 22.7 Å². The Hall–Kier alpha value is -2.43. The standard InChI is InChI=1S/C17H21N3O2/c1-4-20(5-2)16(21)12-19(3)17(22)14-8-6-10-15-13(14)9-7-11-18-15/h6-11H,4-5,12H2,1-3H3. The topological polar surface area (TPSA) is 53.5 Å². The van der Waals surface area contributed by atoms with Crippen LogP contribution in [0.25, 0.3) is 10.9 Å². The fourth-order valence-electron chi connectivity index (χ4n) is 2.45. The smallest absolute Gasteiger partial charge is 0.254 e. The van der Waals surface area contributed by atoms with Gasteiger partial charge in [-0.05, 0) is 32.0 Å². The second-order valence-corrected chi connectivity index (χ2v) is 5.10. The molecular weight excluding hydrogens is 278 g/mol. The Bertz CT molecular complexity index is 675. The molecule has 0 aliphatic heterocycles. The van der Waals surface area contributed by atoms with E-state index in [2.05, 4.69) is 4.98 Å². The van der Waals surface area contributed by atoms with Crippen molar-refractivity contribution in [3.63, 3.8) is 0 Å². The van der Waals surface area contributed by atoms with Gasteiger partial charge in [-0.25, -0.2) is 0 Å². The van der Waals surface area contributed by atoms with Gasteiger partial charge in [0.05, 0.1) is 12.1 Å². The van der Waals surface area contributed by atoms with Crippen molar-refractivity contribution in [3.8, 4) is 0 Å².